The first kappa shape index (κ1) is 23.8. The van der Waals surface area contributed by atoms with E-state index in [0.29, 0.717) is 0 Å². The minimum absolute atomic E-state index is 0.0449. The van der Waals surface area contributed by atoms with Crippen molar-refractivity contribution in [2.75, 3.05) is 40.1 Å². The quantitative estimate of drug-likeness (QED) is 0.398. The Morgan fingerprint density at radius 1 is 1.08 bits per heavy atom. The van der Waals surface area contributed by atoms with E-state index < -0.39 is 16.9 Å². The molecule has 1 rings (SSSR count). The lowest BCUT2D eigenvalue weighted by atomic mass is 10.4. The molecule has 1 N–H and O–H groups in total. The second kappa shape index (κ2) is 13.0. The molecule has 0 spiro atoms. The summed E-state index contributed by atoms with van der Waals surface area (Å²) in [6.45, 7) is 9.98. The predicted octanol–water partition coefficient (Wildman–Crippen LogP) is 3.43. The van der Waals surface area contributed by atoms with Gasteiger partial charge in [-0.25, -0.2) is 0 Å². The highest BCUT2D eigenvalue weighted by molar-refractivity contribution is 6.83. The SMILES string of the molecule is COCCCOCCC[Si]1(C)OCCCC[Si](C)(CCCNC(C)=O)O1. The van der Waals surface area contributed by atoms with Crippen molar-refractivity contribution in [2.45, 2.75) is 70.3 Å². The molecular weight excluding hydrogens is 366 g/mol. The van der Waals surface area contributed by atoms with Crippen molar-refractivity contribution >= 4 is 22.8 Å². The summed E-state index contributed by atoms with van der Waals surface area (Å²) in [5, 5.41) is 2.90. The molecular formula is C18H39NO5Si2. The molecule has 6 nitrogen and oxygen atoms in total. The smallest absolute Gasteiger partial charge is 0.324 e. The Bertz CT molecular complexity index is 402. The second-order valence-corrected chi connectivity index (χ2v) is 15.4. The molecule has 154 valence electrons. The molecule has 0 aromatic carbocycles. The lowest BCUT2D eigenvalue weighted by Gasteiger charge is -2.40. The van der Waals surface area contributed by atoms with Crippen molar-refractivity contribution < 1.29 is 22.8 Å². The van der Waals surface area contributed by atoms with Gasteiger partial charge in [0, 0.05) is 47.0 Å². The minimum atomic E-state index is -2.14. The van der Waals surface area contributed by atoms with Gasteiger partial charge in [-0.15, -0.1) is 0 Å². The molecule has 0 aromatic rings. The third-order valence-electron chi connectivity index (χ3n) is 4.78. The summed E-state index contributed by atoms with van der Waals surface area (Å²) in [5.74, 6) is 0.0449. The Kier molecular flexibility index (Phi) is 11.9. The van der Waals surface area contributed by atoms with Gasteiger partial charge in [-0.1, -0.05) is 6.42 Å². The summed E-state index contributed by atoms with van der Waals surface area (Å²) in [4.78, 5) is 11.0. The summed E-state index contributed by atoms with van der Waals surface area (Å²) in [7, 11) is -2.21. The highest BCUT2D eigenvalue weighted by Crippen LogP contribution is 2.31. The van der Waals surface area contributed by atoms with Crippen LogP contribution in [0.2, 0.25) is 31.2 Å². The van der Waals surface area contributed by atoms with E-state index in [1.54, 1.807) is 14.0 Å². The minimum Gasteiger partial charge on any atom is -0.436 e. The Morgan fingerprint density at radius 3 is 2.58 bits per heavy atom. The maximum atomic E-state index is 11.0. The topological polar surface area (TPSA) is 66.0 Å². The number of hydrogen-bond donors (Lipinski definition) is 1. The van der Waals surface area contributed by atoms with Crippen LogP contribution in [-0.4, -0.2) is 62.9 Å². The first-order valence-electron chi connectivity index (χ1n) is 10.0. The highest BCUT2D eigenvalue weighted by Gasteiger charge is 2.41. The van der Waals surface area contributed by atoms with E-state index in [1.807, 2.05) is 0 Å². The van der Waals surface area contributed by atoms with Crippen LogP contribution in [0.5, 0.6) is 0 Å². The van der Waals surface area contributed by atoms with Crippen LogP contribution in [0.25, 0.3) is 0 Å². The number of carbonyl (C=O) groups is 1. The Morgan fingerprint density at radius 2 is 1.85 bits per heavy atom. The van der Waals surface area contributed by atoms with E-state index in [2.05, 4.69) is 18.4 Å². The van der Waals surface area contributed by atoms with Gasteiger partial charge in [0.25, 0.3) is 0 Å². The molecule has 1 saturated heterocycles. The zero-order valence-corrected chi connectivity index (χ0v) is 19.2. The molecule has 0 radical (unpaired) electrons. The fourth-order valence-corrected chi connectivity index (χ4v) is 12.7. The van der Waals surface area contributed by atoms with Crippen molar-refractivity contribution in [1.82, 2.24) is 5.32 Å². The molecule has 1 heterocycles. The lowest BCUT2D eigenvalue weighted by Crippen LogP contribution is -2.51. The van der Waals surface area contributed by atoms with Gasteiger partial charge in [0.2, 0.25) is 5.91 Å². The number of carbonyl (C=O) groups excluding carboxylic acids is 1. The third-order valence-corrected chi connectivity index (χ3v) is 13.4. The van der Waals surface area contributed by atoms with Gasteiger partial charge in [-0.2, -0.15) is 0 Å². The van der Waals surface area contributed by atoms with Crippen LogP contribution in [0.1, 0.15) is 39.0 Å². The van der Waals surface area contributed by atoms with Gasteiger partial charge in [0.15, 0.2) is 8.32 Å². The van der Waals surface area contributed by atoms with Gasteiger partial charge in [-0.3, -0.25) is 4.79 Å². The molecule has 26 heavy (non-hydrogen) atoms. The van der Waals surface area contributed by atoms with Crippen LogP contribution in [0, 0.1) is 0 Å². The van der Waals surface area contributed by atoms with Crippen molar-refractivity contribution in [3.8, 4) is 0 Å². The number of methoxy groups -OCH3 is 1. The van der Waals surface area contributed by atoms with Crippen molar-refractivity contribution in [3.63, 3.8) is 0 Å². The molecule has 2 atom stereocenters. The van der Waals surface area contributed by atoms with E-state index in [-0.39, 0.29) is 5.91 Å². The van der Waals surface area contributed by atoms with E-state index in [9.17, 15) is 4.79 Å². The summed E-state index contributed by atoms with van der Waals surface area (Å²) < 4.78 is 23.8. The van der Waals surface area contributed by atoms with Gasteiger partial charge >= 0.3 is 8.56 Å². The first-order valence-corrected chi connectivity index (χ1v) is 15.4. The zero-order valence-electron chi connectivity index (χ0n) is 17.2. The van der Waals surface area contributed by atoms with Gasteiger partial charge in [0.1, 0.15) is 0 Å². The van der Waals surface area contributed by atoms with Gasteiger partial charge in [0.05, 0.1) is 0 Å². The molecule has 8 heteroatoms. The summed E-state index contributed by atoms with van der Waals surface area (Å²) in [6.07, 6.45) is 5.25. The molecule has 1 aliphatic heterocycles. The average molecular weight is 406 g/mol. The van der Waals surface area contributed by atoms with Crippen LogP contribution < -0.4 is 5.32 Å². The number of rotatable bonds is 12. The third kappa shape index (κ3) is 10.8. The molecule has 1 aliphatic rings. The molecule has 2 unspecified atom stereocenters. The largest absolute Gasteiger partial charge is 0.436 e. The zero-order chi connectivity index (χ0) is 19.3. The fourth-order valence-electron chi connectivity index (χ4n) is 3.42. The number of amides is 1. The first-order chi connectivity index (χ1) is 12.4. The molecule has 1 amide bonds. The molecule has 1 fully saturated rings. The van der Waals surface area contributed by atoms with Gasteiger partial charge < -0.3 is 23.3 Å². The number of hydrogen-bond acceptors (Lipinski definition) is 5. The fraction of sp³-hybridized carbons (Fsp3) is 0.944. The van der Waals surface area contributed by atoms with Crippen LogP contribution in [0.3, 0.4) is 0 Å². The Labute approximate surface area is 161 Å². The van der Waals surface area contributed by atoms with Crippen molar-refractivity contribution in [2.24, 2.45) is 0 Å². The standard InChI is InChI=1S/C18H39NO5Si2/c1-18(20)19-10-7-16-25(3)15-6-5-14-23-26(4,24-25)17-9-13-22-12-8-11-21-2/h5-17H2,1-4H3,(H,19,20). The molecule has 0 bridgehead atoms. The van der Waals surface area contributed by atoms with Crippen molar-refractivity contribution in [3.05, 3.63) is 0 Å². The Hall–Kier alpha value is -0.256. The van der Waals surface area contributed by atoms with E-state index in [1.165, 1.54) is 12.5 Å². The Balaban J connectivity index is 2.41. The number of ether oxygens (including phenoxy) is 2. The van der Waals surface area contributed by atoms with E-state index >= 15 is 0 Å². The van der Waals surface area contributed by atoms with E-state index in [0.717, 1.165) is 70.7 Å². The van der Waals surface area contributed by atoms with Crippen LogP contribution in [0.4, 0.5) is 0 Å². The monoisotopic (exact) mass is 405 g/mol. The predicted molar refractivity (Wildman–Crippen MR) is 109 cm³/mol. The van der Waals surface area contributed by atoms with E-state index in [4.69, 9.17) is 18.0 Å². The second-order valence-electron chi connectivity index (χ2n) is 7.64. The molecule has 0 saturated carbocycles. The van der Waals surface area contributed by atoms with Crippen LogP contribution >= 0.6 is 0 Å². The van der Waals surface area contributed by atoms with Crippen LogP contribution in [-0.2, 0) is 22.8 Å². The average Bonchev–Trinajstić information content (AvgIpc) is 2.56. The highest BCUT2D eigenvalue weighted by atomic mass is 28.4. The molecule has 0 aromatic heterocycles. The van der Waals surface area contributed by atoms with Crippen LogP contribution in [0.15, 0.2) is 0 Å². The summed E-state index contributed by atoms with van der Waals surface area (Å²) >= 11 is 0. The van der Waals surface area contributed by atoms with Crippen molar-refractivity contribution in [1.29, 1.82) is 0 Å². The number of nitrogens with one attached hydrogen (secondary N) is 1. The molecule has 0 aliphatic carbocycles. The maximum Gasteiger partial charge on any atom is 0.324 e. The summed E-state index contributed by atoms with van der Waals surface area (Å²) in [6, 6.07) is 3.28. The summed E-state index contributed by atoms with van der Waals surface area (Å²) in [5.41, 5.74) is 0. The maximum absolute atomic E-state index is 11.0. The normalized spacial score (nSPS) is 26.9. The lowest BCUT2D eigenvalue weighted by molar-refractivity contribution is -0.118. The van der Waals surface area contributed by atoms with Gasteiger partial charge in [-0.05, 0) is 56.9 Å².